The summed E-state index contributed by atoms with van der Waals surface area (Å²) in [7, 11) is 0. The number of nitrogens with zero attached hydrogens (tertiary/aromatic N) is 2. The number of aromatic nitrogens is 2. The van der Waals surface area contributed by atoms with Gasteiger partial charge in [0.1, 0.15) is 5.75 Å². The van der Waals surface area contributed by atoms with Crippen LogP contribution >= 0.6 is 11.3 Å². The van der Waals surface area contributed by atoms with Crippen LogP contribution in [0, 0.1) is 12.3 Å². The number of hydrogen-bond donors (Lipinski definition) is 1. The van der Waals surface area contributed by atoms with Crippen molar-refractivity contribution in [2.24, 2.45) is 5.41 Å². The first-order chi connectivity index (χ1) is 12.8. The Hall–Kier alpha value is -2.67. The van der Waals surface area contributed by atoms with E-state index >= 15 is 0 Å². The second-order valence-electron chi connectivity index (χ2n) is 7.33. The lowest BCUT2D eigenvalue weighted by Gasteiger charge is -2.30. The van der Waals surface area contributed by atoms with Gasteiger partial charge in [-0.3, -0.25) is 4.79 Å². The molecule has 1 N–H and O–H groups in total. The molecule has 2 aromatic heterocycles. The number of thiophene rings is 1. The number of amides is 1. The van der Waals surface area contributed by atoms with Gasteiger partial charge in [-0.05, 0) is 41.1 Å². The van der Waals surface area contributed by atoms with E-state index in [4.69, 9.17) is 9.26 Å². The minimum atomic E-state index is -0.108. The van der Waals surface area contributed by atoms with Crippen molar-refractivity contribution in [3.05, 3.63) is 63.9 Å². The van der Waals surface area contributed by atoms with Crippen LogP contribution in [0.25, 0.3) is 0 Å². The number of aryl methyl sites for hydroxylation is 1. The average Bonchev–Trinajstić information content (AvgIpc) is 3.29. The van der Waals surface area contributed by atoms with E-state index in [1.807, 2.05) is 11.4 Å². The highest BCUT2D eigenvalue weighted by Crippen LogP contribution is 2.35. The number of carbonyl (C=O) groups is 1. The molecule has 0 radical (unpaired) electrons. The van der Waals surface area contributed by atoms with Gasteiger partial charge < -0.3 is 14.6 Å². The molecule has 0 aliphatic rings. The van der Waals surface area contributed by atoms with Gasteiger partial charge in [0.15, 0.2) is 6.61 Å². The van der Waals surface area contributed by atoms with Crippen LogP contribution in [0.4, 0.5) is 0 Å². The average molecular weight is 385 g/mol. The number of hydrogen-bond acceptors (Lipinski definition) is 6. The van der Waals surface area contributed by atoms with Gasteiger partial charge in [0.25, 0.3) is 5.91 Å². The van der Waals surface area contributed by atoms with Gasteiger partial charge in [0.2, 0.25) is 11.7 Å². The Morgan fingerprint density at radius 3 is 2.56 bits per heavy atom. The maximum Gasteiger partial charge on any atom is 0.251 e. The first-order valence-electron chi connectivity index (χ1n) is 8.69. The zero-order valence-corrected chi connectivity index (χ0v) is 16.7. The SMILES string of the molecule is Cc1nc(COc2ccc(C(=O)NC(c3cccs3)C(C)(C)C)cc2)no1. The lowest BCUT2D eigenvalue weighted by molar-refractivity contribution is 0.0903. The normalized spacial score (nSPS) is 12.6. The summed E-state index contributed by atoms with van der Waals surface area (Å²) in [4.78, 5) is 17.9. The van der Waals surface area contributed by atoms with Crippen molar-refractivity contribution in [1.82, 2.24) is 15.5 Å². The molecule has 1 aromatic carbocycles. The summed E-state index contributed by atoms with van der Waals surface area (Å²) in [5.74, 6) is 1.52. The Kier molecular flexibility index (Phi) is 5.60. The lowest BCUT2D eigenvalue weighted by Crippen LogP contribution is -2.36. The van der Waals surface area contributed by atoms with Gasteiger partial charge in [-0.1, -0.05) is 32.0 Å². The molecule has 3 aromatic rings. The maximum atomic E-state index is 12.7. The molecule has 142 valence electrons. The second kappa shape index (κ2) is 7.92. The van der Waals surface area contributed by atoms with Crippen molar-refractivity contribution in [3.8, 4) is 5.75 Å². The van der Waals surface area contributed by atoms with Crippen LogP contribution in [0.5, 0.6) is 5.75 Å². The molecular formula is C20H23N3O3S. The quantitative estimate of drug-likeness (QED) is 0.674. The number of nitrogens with one attached hydrogen (secondary N) is 1. The molecule has 0 fully saturated rings. The first-order valence-corrected chi connectivity index (χ1v) is 9.57. The zero-order valence-electron chi connectivity index (χ0n) is 15.9. The molecule has 0 saturated heterocycles. The maximum absolute atomic E-state index is 12.7. The smallest absolute Gasteiger partial charge is 0.251 e. The molecule has 0 aliphatic heterocycles. The van der Waals surface area contributed by atoms with Gasteiger partial charge in [0.05, 0.1) is 6.04 Å². The summed E-state index contributed by atoms with van der Waals surface area (Å²) in [6.07, 6.45) is 0. The van der Waals surface area contributed by atoms with Crippen LogP contribution in [0.1, 0.15) is 53.8 Å². The number of rotatable bonds is 6. The molecule has 0 bridgehead atoms. The van der Waals surface area contributed by atoms with Crippen molar-refractivity contribution in [2.45, 2.75) is 40.3 Å². The molecule has 1 amide bonds. The fraction of sp³-hybridized carbons (Fsp3) is 0.350. The van der Waals surface area contributed by atoms with E-state index in [1.165, 1.54) is 0 Å². The van der Waals surface area contributed by atoms with Gasteiger partial charge in [-0.15, -0.1) is 11.3 Å². The Bertz CT molecular complexity index is 880. The predicted molar refractivity (Wildman–Crippen MR) is 104 cm³/mol. The fourth-order valence-electron chi connectivity index (χ4n) is 2.63. The Balaban J connectivity index is 1.64. The van der Waals surface area contributed by atoms with E-state index in [9.17, 15) is 4.79 Å². The third-order valence-corrected chi connectivity index (χ3v) is 4.96. The molecule has 1 unspecified atom stereocenters. The van der Waals surface area contributed by atoms with Crippen molar-refractivity contribution in [1.29, 1.82) is 0 Å². The molecule has 1 atom stereocenters. The van der Waals surface area contributed by atoms with E-state index in [0.717, 1.165) is 4.88 Å². The number of ether oxygens (including phenoxy) is 1. The van der Waals surface area contributed by atoms with Crippen LogP contribution in [0.3, 0.4) is 0 Å². The minimum Gasteiger partial charge on any atom is -0.485 e. The molecule has 7 heteroatoms. The van der Waals surface area contributed by atoms with Crippen LogP contribution in [0.15, 0.2) is 46.3 Å². The van der Waals surface area contributed by atoms with E-state index in [2.05, 4.69) is 42.3 Å². The highest BCUT2D eigenvalue weighted by atomic mass is 32.1. The summed E-state index contributed by atoms with van der Waals surface area (Å²) in [6, 6.07) is 11.0. The fourth-order valence-corrected chi connectivity index (χ4v) is 3.65. The van der Waals surface area contributed by atoms with Crippen LogP contribution in [-0.4, -0.2) is 16.0 Å². The molecule has 0 saturated carbocycles. The van der Waals surface area contributed by atoms with Crippen molar-refractivity contribution >= 4 is 17.2 Å². The minimum absolute atomic E-state index is 0.0533. The Labute approximate surface area is 162 Å². The molecular weight excluding hydrogens is 362 g/mol. The first kappa shape index (κ1) is 19.1. The van der Waals surface area contributed by atoms with Gasteiger partial charge in [-0.25, -0.2) is 0 Å². The van der Waals surface area contributed by atoms with Crippen molar-refractivity contribution in [3.63, 3.8) is 0 Å². The molecule has 0 spiro atoms. The zero-order chi connectivity index (χ0) is 19.4. The van der Waals surface area contributed by atoms with Gasteiger partial charge >= 0.3 is 0 Å². The third-order valence-electron chi connectivity index (χ3n) is 4.02. The van der Waals surface area contributed by atoms with E-state index in [0.29, 0.717) is 23.0 Å². The number of carbonyl (C=O) groups excluding carboxylic acids is 1. The molecule has 27 heavy (non-hydrogen) atoms. The predicted octanol–water partition coefficient (Wildman–Crippen LogP) is 4.54. The molecule has 6 nitrogen and oxygen atoms in total. The highest BCUT2D eigenvalue weighted by molar-refractivity contribution is 7.10. The van der Waals surface area contributed by atoms with E-state index in [-0.39, 0.29) is 24.0 Å². The van der Waals surface area contributed by atoms with Crippen LogP contribution in [-0.2, 0) is 6.61 Å². The lowest BCUT2D eigenvalue weighted by atomic mass is 9.85. The highest BCUT2D eigenvalue weighted by Gasteiger charge is 2.28. The summed E-state index contributed by atoms with van der Waals surface area (Å²) < 4.78 is 10.5. The summed E-state index contributed by atoms with van der Waals surface area (Å²) in [5.41, 5.74) is 0.496. The molecule has 0 aliphatic carbocycles. The standard InChI is InChI=1S/C20H23N3O3S/c1-13-21-17(23-26-13)12-25-15-9-7-14(8-10-15)19(24)22-18(20(2,3)4)16-6-5-11-27-16/h5-11,18H,12H2,1-4H3,(H,22,24). The summed E-state index contributed by atoms with van der Waals surface area (Å²) in [6.45, 7) is 8.30. The molecule has 3 rings (SSSR count). The Morgan fingerprint density at radius 1 is 1.26 bits per heavy atom. The van der Waals surface area contributed by atoms with E-state index < -0.39 is 0 Å². The van der Waals surface area contributed by atoms with Crippen molar-refractivity contribution in [2.75, 3.05) is 0 Å². The summed E-state index contributed by atoms with van der Waals surface area (Å²) in [5, 5.41) is 8.96. The third kappa shape index (κ3) is 4.95. The van der Waals surface area contributed by atoms with Crippen LogP contribution < -0.4 is 10.1 Å². The van der Waals surface area contributed by atoms with E-state index in [1.54, 1.807) is 42.5 Å². The summed E-state index contributed by atoms with van der Waals surface area (Å²) >= 11 is 1.65. The monoisotopic (exact) mass is 385 g/mol. The van der Waals surface area contributed by atoms with Crippen LogP contribution in [0.2, 0.25) is 0 Å². The van der Waals surface area contributed by atoms with Gasteiger partial charge in [-0.2, -0.15) is 4.98 Å². The number of benzene rings is 1. The van der Waals surface area contributed by atoms with Crippen molar-refractivity contribution < 1.29 is 14.1 Å². The van der Waals surface area contributed by atoms with Gasteiger partial charge in [0, 0.05) is 17.4 Å². The second-order valence-corrected chi connectivity index (χ2v) is 8.31. The topological polar surface area (TPSA) is 77.2 Å². The Morgan fingerprint density at radius 2 is 2.00 bits per heavy atom. The molecule has 2 heterocycles. The largest absolute Gasteiger partial charge is 0.485 e.